The van der Waals surface area contributed by atoms with Gasteiger partial charge in [0.05, 0.1) is 24.9 Å². The van der Waals surface area contributed by atoms with E-state index >= 15 is 0 Å². The molecule has 0 radical (unpaired) electrons. The fourth-order valence-electron chi connectivity index (χ4n) is 3.29. The molecule has 3 rings (SSSR count). The van der Waals surface area contributed by atoms with Gasteiger partial charge in [0.1, 0.15) is 17.3 Å². The van der Waals surface area contributed by atoms with Crippen molar-refractivity contribution in [1.82, 2.24) is 9.80 Å². The number of rotatable bonds is 5. The van der Waals surface area contributed by atoms with E-state index in [1.54, 1.807) is 43.2 Å². The number of methoxy groups -OCH3 is 1. The lowest BCUT2D eigenvalue weighted by Crippen LogP contribution is -2.50. The minimum atomic E-state index is -0.151. The van der Waals surface area contributed by atoms with Gasteiger partial charge >= 0.3 is 0 Å². The molecule has 1 aromatic heterocycles. The second kappa shape index (κ2) is 8.67. The van der Waals surface area contributed by atoms with Crippen LogP contribution in [0.4, 0.5) is 5.69 Å². The number of benzene rings is 1. The first kappa shape index (κ1) is 20.2. The number of furan rings is 1. The molecular formula is C20H24ClN3O4. The van der Waals surface area contributed by atoms with E-state index in [9.17, 15) is 9.59 Å². The SMILES string of the molecule is COc1ccc(Cl)cc1NC(=O)CN1CCN(C(=O)c2cc(C)oc2C)CC1. The maximum absolute atomic E-state index is 12.6. The van der Waals surface area contributed by atoms with Crippen molar-refractivity contribution in [3.05, 3.63) is 46.4 Å². The van der Waals surface area contributed by atoms with Crippen molar-refractivity contribution in [2.45, 2.75) is 13.8 Å². The number of carbonyl (C=O) groups excluding carboxylic acids is 2. The normalized spacial score (nSPS) is 14.8. The Labute approximate surface area is 169 Å². The van der Waals surface area contributed by atoms with Crippen LogP contribution in [0.2, 0.25) is 5.02 Å². The number of ether oxygens (including phenoxy) is 1. The summed E-state index contributed by atoms with van der Waals surface area (Å²) in [6, 6.07) is 6.84. The molecule has 2 aromatic rings. The van der Waals surface area contributed by atoms with Crippen LogP contribution in [0.5, 0.6) is 5.75 Å². The van der Waals surface area contributed by atoms with Gasteiger partial charge < -0.3 is 19.4 Å². The second-order valence-electron chi connectivity index (χ2n) is 6.79. The number of nitrogens with zero attached hydrogens (tertiary/aromatic N) is 2. The van der Waals surface area contributed by atoms with Crippen LogP contribution < -0.4 is 10.1 Å². The number of hydrogen-bond donors (Lipinski definition) is 1. The predicted molar refractivity (Wildman–Crippen MR) is 107 cm³/mol. The first-order valence-corrected chi connectivity index (χ1v) is 9.47. The highest BCUT2D eigenvalue weighted by atomic mass is 35.5. The third-order valence-corrected chi connectivity index (χ3v) is 4.97. The molecule has 1 aromatic carbocycles. The molecule has 0 unspecified atom stereocenters. The van der Waals surface area contributed by atoms with Gasteiger partial charge in [0.25, 0.3) is 5.91 Å². The van der Waals surface area contributed by atoms with Crippen molar-refractivity contribution in [3.63, 3.8) is 0 Å². The molecule has 1 aliphatic rings. The third kappa shape index (κ3) is 4.66. The molecule has 0 atom stereocenters. The van der Waals surface area contributed by atoms with Crippen molar-refractivity contribution in [3.8, 4) is 5.75 Å². The van der Waals surface area contributed by atoms with Crippen LogP contribution in [0.3, 0.4) is 0 Å². The lowest BCUT2D eigenvalue weighted by molar-refractivity contribution is -0.117. The van der Waals surface area contributed by atoms with Gasteiger partial charge in [0.2, 0.25) is 5.91 Å². The quantitative estimate of drug-likeness (QED) is 0.827. The lowest BCUT2D eigenvalue weighted by Gasteiger charge is -2.34. The van der Waals surface area contributed by atoms with E-state index in [4.69, 9.17) is 20.8 Å². The summed E-state index contributed by atoms with van der Waals surface area (Å²) < 4.78 is 10.7. The van der Waals surface area contributed by atoms with E-state index < -0.39 is 0 Å². The summed E-state index contributed by atoms with van der Waals surface area (Å²) in [6.07, 6.45) is 0. The minimum absolute atomic E-state index is 0.0258. The van der Waals surface area contributed by atoms with Gasteiger partial charge in [-0.15, -0.1) is 0 Å². The van der Waals surface area contributed by atoms with E-state index in [1.165, 1.54) is 0 Å². The summed E-state index contributed by atoms with van der Waals surface area (Å²) in [5.74, 6) is 1.75. The molecular weight excluding hydrogens is 382 g/mol. The Morgan fingerprint density at radius 1 is 1.18 bits per heavy atom. The van der Waals surface area contributed by atoms with Crippen LogP contribution in [-0.4, -0.2) is 61.4 Å². The topological polar surface area (TPSA) is 75.0 Å². The van der Waals surface area contributed by atoms with Crippen LogP contribution in [0.15, 0.2) is 28.7 Å². The van der Waals surface area contributed by atoms with E-state index in [-0.39, 0.29) is 18.4 Å². The number of aryl methyl sites for hydroxylation is 2. The van der Waals surface area contributed by atoms with Crippen molar-refractivity contribution in [2.24, 2.45) is 0 Å². The van der Waals surface area contributed by atoms with Gasteiger partial charge in [-0.2, -0.15) is 0 Å². The fraction of sp³-hybridized carbons (Fsp3) is 0.400. The van der Waals surface area contributed by atoms with E-state index in [0.29, 0.717) is 54.0 Å². The number of piperazine rings is 1. The molecule has 0 aliphatic carbocycles. The molecule has 0 bridgehead atoms. The molecule has 1 fully saturated rings. The highest BCUT2D eigenvalue weighted by Crippen LogP contribution is 2.27. The Kier molecular flexibility index (Phi) is 6.26. The monoisotopic (exact) mass is 405 g/mol. The molecule has 0 spiro atoms. The third-order valence-electron chi connectivity index (χ3n) is 4.73. The standard InChI is InChI=1S/C20H24ClN3O4/c1-13-10-16(14(2)28-13)20(26)24-8-6-23(7-9-24)12-19(25)22-17-11-15(21)4-5-18(17)27-3/h4-5,10-11H,6-9,12H2,1-3H3,(H,22,25). The number of halogens is 1. The van der Waals surface area contributed by atoms with Gasteiger partial charge in [-0.1, -0.05) is 11.6 Å². The summed E-state index contributed by atoms with van der Waals surface area (Å²) in [5.41, 5.74) is 1.15. The van der Waals surface area contributed by atoms with Crippen molar-refractivity contribution >= 4 is 29.1 Å². The average Bonchev–Trinajstić information content (AvgIpc) is 3.00. The van der Waals surface area contributed by atoms with E-state index in [0.717, 1.165) is 5.76 Å². The lowest BCUT2D eigenvalue weighted by atomic mass is 10.2. The summed E-state index contributed by atoms with van der Waals surface area (Å²) in [4.78, 5) is 28.9. The molecule has 7 nitrogen and oxygen atoms in total. The van der Waals surface area contributed by atoms with E-state index in [2.05, 4.69) is 5.32 Å². The molecule has 2 heterocycles. The van der Waals surface area contributed by atoms with Crippen LogP contribution in [0, 0.1) is 13.8 Å². The molecule has 1 aliphatic heterocycles. The zero-order valence-corrected chi connectivity index (χ0v) is 17.0. The Bertz CT molecular complexity index is 872. The number of amides is 2. The van der Waals surface area contributed by atoms with Gasteiger partial charge in [0, 0.05) is 31.2 Å². The molecule has 2 amide bonds. The maximum atomic E-state index is 12.6. The number of carbonyl (C=O) groups is 2. The van der Waals surface area contributed by atoms with E-state index in [1.807, 2.05) is 11.8 Å². The van der Waals surface area contributed by atoms with Crippen LogP contribution in [0.25, 0.3) is 0 Å². The molecule has 1 saturated heterocycles. The molecule has 28 heavy (non-hydrogen) atoms. The van der Waals surface area contributed by atoms with Crippen molar-refractivity contribution in [1.29, 1.82) is 0 Å². The smallest absolute Gasteiger partial charge is 0.257 e. The number of nitrogens with one attached hydrogen (secondary N) is 1. The van der Waals surface area contributed by atoms with Crippen molar-refractivity contribution < 1.29 is 18.7 Å². The predicted octanol–water partition coefficient (Wildman–Crippen LogP) is 2.95. The van der Waals surface area contributed by atoms with Gasteiger partial charge in [0.15, 0.2) is 0 Å². The Balaban J connectivity index is 1.53. The number of anilines is 1. The molecule has 8 heteroatoms. The summed E-state index contributed by atoms with van der Waals surface area (Å²) >= 11 is 6.00. The molecule has 1 N–H and O–H groups in total. The Morgan fingerprint density at radius 3 is 2.50 bits per heavy atom. The highest BCUT2D eigenvalue weighted by molar-refractivity contribution is 6.31. The minimum Gasteiger partial charge on any atom is -0.495 e. The maximum Gasteiger partial charge on any atom is 0.257 e. The first-order chi connectivity index (χ1) is 13.4. The van der Waals surface area contributed by atoms with Gasteiger partial charge in [-0.25, -0.2) is 0 Å². The zero-order valence-electron chi connectivity index (χ0n) is 16.3. The second-order valence-corrected chi connectivity index (χ2v) is 7.22. The zero-order chi connectivity index (χ0) is 20.3. The first-order valence-electron chi connectivity index (χ1n) is 9.09. The van der Waals surface area contributed by atoms with Crippen molar-refractivity contribution in [2.75, 3.05) is 45.2 Å². The van der Waals surface area contributed by atoms with Crippen LogP contribution >= 0.6 is 11.6 Å². The van der Waals surface area contributed by atoms with Gasteiger partial charge in [-0.3, -0.25) is 14.5 Å². The number of hydrogen-bond acceptors (Lipinski definition) is 5. The summed E-state index contributed by atoms with van der Waals surface area (Å²) in [6.45, 7) is 6.25. The summed E-state index contributed by atoms with van der Waals surface area (Å²) in [7, 11) is 1.54. The summed E-state index contributed by atoms with van der Waals surface area (Å²) in [5, 5.41) is 3.36. The van der Waals surface area contributed by atoms with Gasteiger partial charge in [-0.05, 0) is 38.1 Å². The largest absolute Gasteiger partial charge is 0.495 e. The molecule has 150 valence electrons. The van der Waals surface area contributed by atoms with Crippen LogP contribution in [0.1, 0.15) is 21.9 Å². The molecule has 0 saturated carbocycles. The average molecular weight is 406 g/mol. The highest BCUT2D eigenvalue weighted by Gasteiger charge is 2.25. The Hall–Kier alpha value is -2.51. The van der Waals surface area contributed by atoms with Crippen LogP contribution in [-0.2, 0) is 4.79 Å². The Morgan fingerprint density at radius 2 is 1.89 bits per heavy atom. The fourth-order valence-corrected chi connectivity index (χ4v) is 3.47.